The van der Waals surface area contributed by atoms with E-state index < -0.39 is 0 Å². The highest BCUT2D eigenvalue weighted by Crippen LogP contribution is 2.48. The van der Waals surface area contributed by atoms with Gasteiger partial charge in [-0.3, -0.25) is 4.90 Å². The maximum absolute atomic E-state index is 9.76. The number of hydrogen-bond donors (Lipinski definition) is 2. The molecule has 17 heavy (non-hydrogen) atoms. The first kappa shape index (κ1) is 12.6. The molecular weight excluding hydrogens is 214 g/mol. The first-order valence-corrected chi connectivity index (χ1v) is 6.20. The van der Waals surface area contributed by atoms with Crippen LogP contribution in [0.25, 0.3) is 0 Å². The molecule has 2 atom stereocenters. The van der Waals surface area contributed by atoms with Gasteiger partial charge in [-0.15, -0.1) is 0 Å². The summed E-state index contributed by atoms with van der Waals surface area (Å²) in [6.07, 6.45) is 1.60. The van der Waals surface area contributed by atoms with E-state index in [0.717, 1.165) is 13.0 Å². The maximum Gasteiger partial charge on any atom is 0.0507 e. The molecule has 1 saturated heterocycles. The Kier molecular flexibility index (Phi) is 3.82. The van der Waals surface area contributed by atoms with Crippen LogP contribution < -0.4 is 0 Å². The topological polar surface area (TPSA) is 43.7 Å². The normalized spacial score (nSPS) is 29.7. The van der Waals surface area contributed by atoms with Crippen LogP contribution in [0.2, 0.25) is 0 Å². The van der Waals surface area contributed by atoms with E-state index in [9.17, 15) is 10.2 Å². The van der Waals surface area contributed by atoms with Crippen LogP contribution in [0.3, 0.4) is 0 Å². The third-order valence-electron chi connectivity index (χ3n) is 4.02. The Bertz CT molecular complexity index is 350. The number of aliphatic hydroxyl groups is 2. The van der Waals surface area contributed by atoms with Gasteiger partial charge in [0.1, 0.15) is 0 Å². The van der Waals surface area contributed by atoms with E-state index >= 15 is 0 Å². The monoisotopic (exact) mass is 235 g/mol. The highest BCUT2D eigenvalue weighted by molar-refractivity contribution is 5.23. The highest BCUT2D eigenvalue weighted by Gasteiger charge is 2.45. The Labute approximate surface area is 103 Å². The smallest absolute Gasteiger partial charge is 0.0507 e. The molecule has 3 nitrogen and oxygen atoms in total. The largest absolute Gasteiger partial charge is 0.396 e. The quantitative estimate of drug-likeness (QED) is 0.829. The van der Waals surface area contributed by atoms with E-state index in [1.165, 1.54) is 5.56 Å². The Balaban J connectivity index is 2.34. The van der Waals surface area contributed by atoms with Gasteiger partial charge >= 0.3 is 0 Å². The summed E-state index contributed by atoms with van der Waals surface area (Å²) in [5.41, 5.74) is 1.04. The molecular formula is C14H21NO2. The van der Waals surface area contributed by atoms with Crippen molar-refractivity contribution in [2.75, 3.05) is 26.8 Å². The molecule has 1 fully saturated rings. The minimum absolute atomic E-state index is 0.136. The molecule has 1 aromatic rings. The number of aliphatic hydroxyl groups excluding tert-OH is 2. The summed E-state index contributed by atoms with van der Waals surface area (Å²) < 4.78 is 0. The molecule has 2 rings (SSSR count). The Morgan fingerprint density at radius 1 is 1.29 bits per heavy atom. The van der Waals surface area contributed by atoms with Crippen molar-refractivity contribution < 1.29 is 10.2 Å². The summed E-state index contributed by atoms with van der Waals surface area (Å²) in [6, 6.07) is 10.5. The fourth-order valence-corrected chi connectivity index (χ4v) is 3.10. The Hall–Kier alpha value is -0.900. The van der Waals surface area contributed by atoms with Crippen LogP contribution in [0.15, 0.2) is 30.3 Å². The second kappa shape index (κ2) is 5.17. The molecule has 1 heterocycles. The van der Waals surface area contributed by atoms with E-state index in [0.29, 0.717) is 6.42 Å². The second-order valence-corrected chi connectivity index (χ2v) is 5.04. The first-order chi connectivity index (χ1) is 8.23. The van der Waals surface area contributed by atoms with E-state index in [1.54, 1.807) is 0 Å². The summed E-state index contributed by atoms with van der Waals surface area (Å²) in [4.78, 5) is 2.28. The lowest BCUT2D eigenvalue weighted by molar-refractivity contribution is 0.0562. The summed E-state index contributed by atoms with van der Waals surface area (Å²) in [7, 11) is 2.09. The van der Waals surface area contributed by atoms with Crippen LogP contribution in [0, 0.1) is 5.41 Å². The molecule has 0 amide bonds. The minimum Gasteiger partial charge on any atom is -0.396 e. The summed E-state index contributed by atoms with van der Waals surface area (Å²) in [5, 5.41) is 19.0. The Morgan fingerprint density at radius 3 is 2.59 bits per heavy atom. The lowest BCUT2D eigenvalue weighted by atomic mass is 9.75. The fraction of sp³-hybridized carbons (Fsp3) is 0.571. The summed E-state index contributed by atoms with van der Waals surface area (Å²) in [5.74, 6) is 0. The molecule has 1 aromatic carbocycles. The average molecular weight is 235 g/mol. The second-order valence-electron chi connectivity index (χ2n) is 5.04. The van der Waals surface area contributed by atoms with Crippen molar-refractivity contribution in [1.29, 1.82) is 0 Å². The SMILES string of the molecule is CN1CC[C@](CO)(CCO)[C@@H]1c1ccccc1. The van der Waals surface area contributed by atoms with Gasteiger partial charge in [0, 0.05) is 18.1 Å². The molecule has 0 spiro atoms. The van der Waals surface area contributed by atoms with Gasteiger partial charge in [0.2, 0.25) is 0 Å². The van der Waals surface area contributed by atoms with Gasteiger partial charge < -0.3 is 10.2 Å². The average Bonchev–Trinajstić information content (AvgIpc) is 2.69. The molecule has 0 bridgehead atoms. The molecule has 1 aliphatic heterocycles. The summed E-state index contributed by atoms with van der Waals surface area (Å²) in [6.45, 7) is 1.25. The molecule has 0 aromatic heterocycles. The number of rotatable bonds is 4. The summed E-state index contributed by atoms with van der Waals surface area (Å²) >= 11 is 0. The van der Waals surface area contributed by atoms with Gasteiger partial charge in [-0.05, 0) is 32.0 Å². The molecule has 1 aliphatic rings. The minimum atomic E-state index is -0.190. The van der Waals surface area contributed by atoms with Crippen LogP contribution in [0.4, 0.5) is 0 Å². The van der Waals surface area contributed by atoms with Crippen molar-refractivity contribution >= 4 is 0 Å². The van der Waals surface area contributed by atoms with Gasteiger partial charge in [0.15, 0.2) is 0 Å². The predicted octanol–water partition coefficient (Wildman–Crippen LogP) is 1.42. The van der Waals surface area contributed by atoms with Crippen molar-refractivity contribution in [3.05, 3.63) is 35.9 Å². The molecule has 94 valence electrons. The van der Waals surface area contributed by atoms with Gasteiger partial charge in [0.25, 0.3) is 0 Å². The maximum atomic E-state index is 9.76. The van der Waals surface area contributed by atoms with Gasteiger partial charge in [-0.1, -0.05) is 30.3 Å². The zero-order valence-electron chi connectivity index (χ0n) is 10.3. The highest BCUT2D eigenvalue weighted by atomic mass is 16.3. The number of likely N-dealkylation sites (tertiary alicyclic amines) is 1. The molecule has 2 N–H and O–H groups in total. The number of nitrogens with zero attached hydrogens (tertiary/aromatic N) is 1. The van der Waals surface area contributed by atoms with Crippen molar-refractivity contribution in [3.63, 3.8) is 0 Å². The van der Waals surface area contributed by atoms with Crippen LogP contribution in [0.5, 0.6) is 0 Å². The van der Waals surface area contributed by atoms with Gasteiger partial charge in [-0.2, -0.15) is 0 Å². The first-order valence-electron chi connectivity index (χ1n) is 6.20. The van der Waals surface area contributed by atoms with E-state index in [4.69, 9.17) is 0 Å². The zero-order valence-corrected chi connectivity index (χ0v) is 10.3. The zero-order chi connectivity index (χ0) is 12.3. The molecule has 0 aliphatic carbocycles. The van der Waals surface area contributed by atoms with Crippen LogP contribution in [-0.2, 0) is 0 Å². The Morgan fingerprint density at radius 2 is 2.00 bits per heavy atom. The lowest BCUT2D eigenvalue weighted by Crippen LogP contribution is -2.34. The predicted molar refractivity (Wildman–Crippen MR) is 67.7 cm³/mol. The number of hydrogen-bond acceptors (Lipinski definition) is 3. The van der Waals surface area contributed by atoms with E-state index in [2.05, 4.69) is 24.1 Å². The van der Waals surface area contributed by atoms with Crippen molar-refractivity contribution in [3.8, 4) is 0 Å². The van der Waals surface area contributed by atoms with Gasteiger partial charge in [-0.25, -0.2) is 0 Å². The van der Waals surface area contributed by atoms with Crippen molar-refractivity contribution in [1.82, 2.24) is 4.90 Å². The molecule has 0 unspecified atom stereocenters. The standard InChI is InChI=1S/C14H21NO2/c1-15-9-7-14(11-17,8-10-16)13(15)12-5-3-2-4-6-12/h2-6,13,16-17H,7-11H2,1H3/t13-,14+/m0/s1. The molecule has 0 saturated carbocycles. The molecule has 3 heteroatoms. The molecule has 0 radical (unpaired) electrons. The van der Waals surface area contributed by atoms with Crippen LogP contribution in [-0.4, -0.2) is 41.9 Å². The van der Waals surface area contributed by atoms with Crippen molar-refractivity contribution in [2.24, 2.45) is 5.41 Å². The van der Waals surface area contributed by atoms with Gasteiger partial charge in [0.05, 0.1) is 6.61 Å². The van der Waals surface area contributed by atoms with Crippen molar-refractivity contribution in [2.45, 2.75) is 18.9 Å². The third-order valence-corrected chi connectivity index (χ3v) is 4.02. The fourth-order valence-electron chi connectivity index (χ4n) is 3.10. The van der Waals surface area contributed by atoms with E-state index in [1.807, 2.05) is 18.2 Å². The van der Waals surface area contributed by atoms with E-state index in [-0.39, 0.29) is 24.7 Å². The van der Waals surface area contributed by atoms with Crippen LogP contribution >= 0.6 is 0 Å². The number of benzene rings is 1. The lowest BCUT2D eigenvalue weighted by Gasteiger charge is -2.35. The van der Waals surface area contributed by atoms with Crippen LogP contribution in [0.1, 0.15) is 24.4 Å². The third kappa shape index (κ3) is 2.23.